The molecular formula is C39H45F2N3O7S. The Morgan fingerprint density at radius 2 is 1.79 bits per heavy atom. The summed E-state index contributed by atoms with van der Waals surface area (Å²) in [4.78, 5) is 59.0. The molecule has 2 aliphatic carbocycles. The number of rotatable bonds is 6. The third-order valence-electron chi connectivity index (χ3n) is 11.8. The third kappa shape index (κ3) is 7.25. The van der Waals surface area contributed by atoms with E-state index in [-0.39, 0.29) is 50.1 Å². The van der Waals surface area contributed by atoms with Crippen LogP contribution in [0.3, 0.4) is 0 Å². The molecule has 0 aromatic heterocycles. The van der Waals surface area contributed by atoms with Crippen molar-refractivity contribution in [1.82, 2.24) is 14.5 Å². The van der Waals surface area contributed by atoms with Crippen molar-refractivity contribution in [1.29, 1.82) is 0 Å². The van der Waals surface area contributed by atoms with Gasteiger partial charge in [0, 0.05) is 30.9 Å². The molecule has 1 N–H and O–H groups in total. The van der Waals surface area contributed by atoms with Gasteiger partial charge >= 0.3 is 6.09 Å². The smallest absolute Gasteiger partial charge is 0.410 e. The molecule has 3 amide bonds. The van der Waals surface area contributed by atoms with Crippen molar-refractivity contribution < 1.29 is 41.1 Å². The van der Waals surface area contributed by atoms with E-state index in [1.54, 1.807) is 31.2 Å². The number of hydrogen-bond acceptors (Lipinski definition) is 7. The molecule has 0 unspecified atom stereocenters. The van der Waals surface area contributed by atoms with Gasteiger partial charge in [0.1, 0.15) is 17.7 Å². The Labute approximate surface area is 303 Å². The van der Waals surface area contributed by atoms with Crippen molar-refractivity contribution in [3.63, 3.8) is 0 Å². The number of fused-ring (bicyclic) bond motifs is 3. The van der Waals surface area contributed by atoms with E-state index in [4.69, 9.17) is 4.74 Å². The maximum atomic E-state index is 14.5. The number of Topliss-reactive ketones (excluding diaryl/α,β-unsaturated/α-hetero) is 1. The Hall–Kier alpha value is -4.13. The summed E-state index contributed by atoms with van der Waals surface area (Å²) in [5.41, 5.74) is 0.587. The fourth-order valence-corrected chi connectivity index (χ4v) is 9.39. The molecule has 278 valence electrons. The Kier molecular flexibility index (Phi) is 9.77. The average Bonchev–Trinajstić information content (AvgIpc) is 3.90. The lowest BCUT2D eigenvalue weighted by atomic mass is 9.90. The monoisotopic (exact) mass is 737 g/mol. The van der Waals surface area contributed by atoms with Gasteiger partial charge in [-0.25, -0.2) is 22.0 Å². The Morgan fingerprint density at radius 1 is 1.02 bits per heavy atom. The van der Waals surface area contributed by atoms with Crippen LogP contribution < -0.4 is 4.72 Å². The number of carbonyl (C=O) groups is 4. The van der Waals surface area contributed by atoms with Gasteiger partial charge in [-0.1, -0.05) is 49.3 Å². The molecule has 5 atom stereocenters. The van der Waals surface area contributed by atoms with E-state index < -0.39 is 61.8 Å². The molecule has 2 aromatic rings. The zero-order valence-electron chi connectivity index (χ0n) is 29.3. The van der Waals surface area contributed by atoms with E-state index in [0.717, 1.165) is 31.2 Å². The van der Waals surface area contributed by atoms with Gasteiger partial charge in [-0.3, -0.25) is 24.0 Å². The second kappa shape index (κ2) is 14.0. The van der Waals surface area contributed by atoms with E-state index in [2.05, 4.69) is 4.72 Å². The van der Waals surface area contributed by atoms with Gasteiger partial charge in [0.05, 0.1) is 29.3 Å². The number of nitrogens with one attached hydrogen (secondary N) is 1. The molecule has 7 rings (SSSR count). The summed E-state index contributed by atoms with van der Waals surface area (Å²) in [5, 5.41) is 0. The summed E-state index contributed by atoms with van der Waals surface area (Å²) in [7, 11) is -3.96. The topological polar surface area (TPSA) is 130 Å². The molecule has 52 heavy (non-hydrogen) atoms. The van der Waals surface area contributed by atoms with Gasteiger partial charge in [0.2, 0.25) is 21.8 Å². The van der Waals surface area contributed by atoms with Gasteiger partial charge in [-0.2, -0.15) is 0 Å². The second-order valence-corrected chi connectivity index (χ2v) is 17.8. The molecule has 2 aromatic carbocycles. The minimum atomic E-state index is -3.96. The highest BCUT2D eigenvalue weighted by molar-refractivity contribution is 7.91. The molecule has 3 fully saturated rings. The lowest BCUT2D eigenvalue weighted by Crippen LogP contribution is -2.47. The highest BCUT2D eigenvalue weighted by Gasteiger charge is 2.62. The summed E-state index contributed by atoms with van der Waals surface area (Å²) in [6.45, 7) is 1.74. The first-order chi connectivity index (χ1) is 24.8. The van der Waals surface area contributed by atoms with Crippen LogP contribution in [0, 0.1) is 28.9 Å². The van der Waals surface area contributed by atoms with Gasteiger partial charge in [0.15, 0.2) is 5.78 Å². The van der Waals surface area contributed by atoms with Crippen molar-refractivity contribution in [2.75, 3.05) is 6.54 Å². The molecular weight excluding hydrogens is 693 g/mol. The van der Waals surface area contributed by atoms with Crippen molar-refractivity contribution >= 4 is 33.7 Å². The summed E-state index contributed by atoms with van der Waals surface area (Å²) in [5.74, 6) is -3.08. The number of ketones is 1. The average molecular weight is 738 g/mol. The number of hydrogen-bond donors (Lipinski definition) is 1. The van der Waals surface area contributed by atoms with Gasteiger partial charge < -0.3 is 9.64 Å². The molecule has 0 bridgehead atoms. The standard InChI is InChI=1S/C39H45F2N3O7S/c1-38(16-17-38)52(49,50)42-36(47)39-20-28(39)10-6-4-2-3-5-8-26(18-25-12-14-29(40)15-13-25)35(46)44-23-30(19-33(44)34(45)21-39)51-37(48)43-22-27-9-7-11-32(41)31(27)24-43/h6-7,9-15,26,28,30,33H,2-5,8,16-24H2,1H3,(H,42,47)/b10-6-/t26-,28-,30-,33+,39-/m1/s1. The van der Waals surface area contributed by atoms with Crippen molar-refractivity contribution in [2.24, 2.45) is 17.3 Å². The fraction of sp³-hybridized carbons (Fsp3) is 0.538. The predicted octanol–water partition coefficient (Wildman–Crippen LogP) is 5.73. The quantitative estimate of drug-likeness (QED) is 0.375. The number of benzene rings is 2. The lowest BCUT2D eigenvalue weighted by Gasteiger charge is -2.29. The first kappa shape index (κ1) is 36.2. The van der Waals surface area contributed by atoms with E-state index in [0.29, 0.717) is 43.2 Å². The molecule has 0 spiro atoms. The molecule has 10 nitrogen and oxygen atoms in total. The summed E-state index contributed by atoms with van der Waals surface area (Å²) < 4.78 is 61.6. The normalized spacial score (nSPS) is 29.2. The van der Waals surface area contributed by atoms with Crippen molar-refractivity contribution in [3.05, 3.63) is 82.9 Å². The van der Waals surface area contributed by atoms with Crippen LogP contribution in [0.1, 0.15) is 87.8 Å². The number of halogens is 2. The summed E-state index contributed by atoms with van der Waals surface area (Å²) in [6, 6.07) is 9.62. The number of nitrogens with zero attached hydrogens (tertiary/aromatic N) is 2. The largest absolute Gasteiger partial charge is 0.444 e. The highest BCUT2D eigenvalue weighted by Crippen LogP contribution is 2.57. The lowest BCUT2D eigenvalue weighted by molar-refractivity contribution is -0.142. The third-order valence-corrected chi connectivity index (χ3v) is 14.0. The van der Waals surface area contributed by atoms with Crippen LogP contribution in [-0.4, -0.2) is 65.3 Å². The van der Waals surface area contributed by atoms with Crippen LogP contribution in [0.5, 0.6) is 0 Å². The van der Waals surface area contributed by atoms with Crippen LogP contribution in [0.2, 0.25) is 0 Å². The van der Waals surface area contributed by atoms with Gasteiger partial charge in [-0.15, -0.1) is 0 Å². The minimum Gasteiger partial charge on any atom is -0.444 e. The molecule has 3 heterocycles. The highest BCUT2D eigenvalue weighted by atomic mass is 32.2. The zero-order chi connectivity index (χ0) is 36.8. The SMILES string of the molecule is CC1(S(=O)(=O)NC(=O)[C@]23CC(=O)[C@@H]4C[C@@H](OC(=O)N5Cc6cccc(F)c6C5)CN4C(=O)[C@@H](Cc4ccc(F)cc4)CCCCC/C=C\[C@@H]2C3)CC1. The Balaban J connectivity index is 1.15. The number of allylic oxidation sites excluding steroid dienone is 2. The number of amides is 3. The van der Waals surface area contributed by atoms with Crippen molar-refractivity contribution in [3.8, 4) is 0 Å². The van der Waals surface area contributed by atoms with Crippen LogP contribution in [0.4, 0.5) is 13.6 Å². The van der Waals surface area contributed by atoms with Gasteiger partial charge in [0.25, 0.3) is 0 Å². The van der Waals surface area contributed by atoms with Crippen LogP contribution in [-0.2, 0) is 48.7 Å². The van der Waals surface area contributed by atoms with E-state index in [1.165, 1.54) is 28.0 Å². The molecule has 5 aliphatic rings. The molecule has 13 heteroatoms. The Morgan fingerprint density at radius 3 is 2.52 bits per heavy atom. The van der Waals surface area contributed by atoms with Crippen LogP contribution >= 0.6 is 0 Å². The van der Waals surface area contributed by atoms with Crippen molar-refractivity contribution in [2.45, 2.75) is 108 Å². The van der Waals surface area contributed by atoms with E-state index in [1.807, 2.05) is 12.2 Å². The molecule has 2 saturated carbocycles. The molecule has 3 aliphatic heterocycles. The van der Waals surface area contributed by atoms with E-state index >= 15 is 0 Å². The summed E-state index contributed by atoms with van der Waals surface area (Å²) >= 11 is 0. The maximum Gasteiger partial charge on any atom is 0.410 e. The Bertz CT molecular complexity index is 1900. The van der Waals surface area contributed by atoms with Crippen LogP contribution in [0.15, 0.2) is 54.6 Å². The first-order valence-electron chi connectivity index (χ1n) is 18.3. The predicted molar refractivity (Wildman–Crippen MR) is 187 cm³/mol. The second-order valence-electron chi connectivity index (χ2n) is 15.6. The van der Waals surface area contributed by atoms with Gasteiger partial charge in [-0.05, 0) is 87.1 Å². The molecule has 0 radical (unpaired) electrons. The first-order valence-corrected chi connectivity index (χ1v) is 19.8. The van der Waals surface area contributed by atoms with Crippen LogP contribution in [0.25, 0.3) is 0 Å². The molecule has 1 saturated heterocycles. The number of sulfonamides is 1. The number of carbonyl (C=O) groups excluding carboxylic acids is 4. The minimum absolute atomic E-state index is 0.00328. The van der Waals surface area contributed by atoms with E-state index in [9.17, 15) is 36.4 Å². The summed E-state index contributed by atoms with van der Waals surface area (Å²) in [6.07, 6.45) is 7.31. The fourth-order valence-electron chi connectivity index (χ4n) is 8.05. The zero-order valence-corrected chi connectivity index (χ0v) is 30.1. The maximum absolute atomic E-state index is 14.5. The number of ether oxygens (including phenoxy) is 1.